The molecule has 0 aliphatic heterocycles. The lowest BCUT2D eigenvalue weighted by Gasteiger charge is -2.11. The summed E-state index contributed by atoms with van der Waals surface area (Å²) in [6.45, 7) is 1.82. The van der Waals surface area contributed by atoms with Crippen LogP contribution in [0, 0.1) is 12.3 Å². The van der Waals surface area contributed by atoms with E-state index in [0.717, 1.165) is 0 Å². The zero-order valence-electron chi connectivity index (χ0n) is 8.53. The van der Waals surface area contributed by atoms with Crippen LogP contribution < -0.4 is 5.32 Å². The number of para-hydroxylation sites is 1. The average molecular weight is 203 g/mol. The second-order valence-electron chi connectivity index (χ2n) is 3.30. The second-order valence-corrected chi connectivity index (χ2v) is 3.30. The van der Waals surface area contributed by atoms with Gasteiger partial charge in [-0.3, -0.25) is 4.79 Å². The van der Waals surface area contributed by atoms with Gasteiger partial charge < -0.3 is 10.4 Å². The minimum atomic E-state index is -0.309. The Morgan fingerprint density at radius 3 is 2.87 bits per heavy atom. The molecule has 1 amide bonds. The third-order valence-electron chi connectivity index (χ3n) is 1.95. The fourth-order valence-electron chi connectivity index (χ4n) is 1.19. The Balaban J connectivity index is 2.70. The molecule has 0 aromatic heterocycles. The van der Waals surface area contributed by atoms with Crippen molar-refractivity contribution in [1.82, 2.24) is 5.32 Å². The van der Waals surface area contributed by atoms with E-state index in [-0.39, 0.29) is 23.3 Å². The maximum absolute atomic E-state index is 11.6. The van der Waals surface area contributed by atoms with E-state index in [9.17, 15) is 9.90 Å². The first kappa shape index (κ1) is 11.1. The molecule has 15 heavy (non-hydrogen) atoms. The van der Waals surface area contributed by atoms with E-state index < -0.39 is 0 Å². The van der Waals surface area contributed by atoms with Gasteiger partial charge in [-0.15, -0.1) is 12.3 Å². The molecule has 1 rings (SSSR count). The predicted molar refractivity (Wildman–Crippen MR) is 58.5 cm³/mol. The summed E-state index contributed by atoms with van der Waals surface area (Å²) in [7, 11) is 0. The minimum absolute atomic E-state index is 0.0251. The molecule has 1 aromatic carbocycles. The molecule has 3 heteroatoms. The van der Waals surface area contributed by atoms with Gasteiger partial charge in [0.15, 0.2) is 0 Å². The number of phenols is 1. The third kappa shape index (κ3) is 3.03. The van der Waals surface area contributed by atoms with Crippen molar-refractivity contribution in [3.63, 3.8) is 0 Å². The number of hydrogen-bond acceptors (Lipinski definition) is 2. The molecule has 0 fully saturated rings. The first-order valence-corrected chi connectivity index (χ1v) is 4.67. The SMILES string of the molecule is C#CCC(C)NC(=O)c1ccccc1O. The van der Waals surface area contributed by atoms with Crippen LogP contribution in [-0.4, -0.2) is 17.1 Å². The van der Waals surface area contributed by atoms with Crippen LogP contribution in [-0.2, 0) is 0 Å². The highest BCUT2D eigenvalue weighted by Crippen LogP contribution is 2.15. The lowest BCUT2D eigenvalue weighted by atomic mass is 10.1. The Morgan fingerprint density at radius 1 is 1.60 bits per heavy atom. The van der Waals surface area contributed by atoms with Gasteiger partial charge in [-0.25, -0.2) is 0 Å². The number of rotatable bonds is 3. The molecule has 1 atom stereocenters. The summed E-state index contributed by atoms with van der Waals surface area (Å²) >= 11 is 0. The molecule has 2 N–H and O–H groups in total. The van der Waals surface area contributed by atoms with E-state index in [1.807, 2.05) is 6.92 Å². The lowest BCUT2D eigenvalue weighted by molar-refractivity contribution is 0.0938. The van der Waals surface area contributed by atoms with Crippen molar-refractivity contribution in [2.75, 3.05) is 0 Å². The molecule has 78 valence electrons. The van der Waals surface area contributed by atoms with Gasteiger partial charge in [-0.05, 0) is 19.1 Å². The van der Waals surface area contributed by atoms with Crippen LogP contribution in [0.4, 0.5) is 0 Å². The zero-order valence-corrected chi connectivity index (χ0v) is 8.53. The van der Waals surface area contributed by atoms with E-state index in [2.05, 4.69) is 11.2 Å². The molecule has 0 bridgehead atoms. The third-order valence-corrected chi connectivity index (χ3v) is 1.95. The number of nitrogens with one attached hydrogen (secondary N) is 1. The monoisotopic (exact) mass is 203 g/mol. The quantitative estimate of drug-likeness (QED) is 0.732. The molecule has 0 spiro atoms. The van der Waals surface area contributed by atoms with Crippen LogP contribution in [0.1, 0.15) is 23.7 Å². The normalized spacial score (nSPS) is 11.5. The topological polar surface area (TPSA) is 49.3 Å². The molecule has 1 aromatic rings. The van der Waals surface area contributed by atoms with Crippen LogP contribution in [0.5, 0.6) is 5.75 Å². The van der Waals surface area contributed by atoms with Crippen molar-refractivity contribution in [2.24, 2.45) is 0 Å². The van der Waals surface area contributed by atoms with Crippen LogP contribution >= 0.6 is 0 Å². The molecular formula is C12H13NO2. The molecule has 0 radical (unpaired) electrons. The largest absolute Gasteiger partial charge is 0.507 e. The Kier molecular flexibility index (Phi) is 3.75. The summed E-state index contributed by atoms with van der Waals surface area (Å²) in [5.41, 5.74) is 0.265. The maximum atomic E-state index is 11.6. The highest BCUT2D eigenvalue weighted by molar-refractivity contribution is 5.96. The summed E-state index contributed by atoms with van der Waals surface area (Å²) in [4.78, 5) is 11.6. The minimum Gasteiger partial charge on any atom is -0.507 e. The van der Waals surface area contributed by atoms with E-state index in [1.54, 1.807) is 18.2 Å². The number of aromatic hydroxyl groups is 1. The van der Waals surface area contributed by atoms with Gasteiger partial charge in [0.2, 0.25) is 0 Å². The number of carbonyl (C=O) groups excluding carboxylic acids is 1. The molecule has 0 saturated heterocycles. The first-order chi connectivity index (χ1) is 7.15. The summed E-state index contributed by atoms with van der Waals surface area (Å²) in [5, 5.41) is 12.1. The summed E-state index contributed by atoms with van der Waals surface area (Å²) in [6.07, 6.45) is 5.59. The van der Waals surface area contributed by atoms with Gasteiger partial charge in [-0.1, -0.05) is 12.1 Å². The molecular weight excluding hydrogens is 190 g/mol. The van der Waals surface area contributed by atoms with Crippen molar-refractivity contribution in [1.29, 1.82) is 0 Å². The standard InChI is InChI=1S/C12H13NO2/c1-3-6-9(2)13-12(15)10-7-4-5-8-11(10)14/h1,4-5,7-9,14H,6H2,2H3,(H,13,15). The number of carbonyl (C=O) groups is 1. The second kappa shape index (κ2) is 5.06. The smallest absolute Gasteiger partial charge is 0.255 e. The van der Waals surface area contributed by atoms with Crippen molar-refractivity contribution < 1.29 is 9.90 Å². The summed E-state index contributed by atoms with van der Waals surface area (Å²) in [5.74, 6) is 2.13. The van der Waals surface area contributed by atoms with E-state index in [0.29, 0.717) is 6.42 Å². The van der Waals surface area contributed by atoms with Crippen LogP contribution in [0.2, 0.25) is 0 Å². The summed E-state index contributed by atoms with van der Waals surface area (Å²) < 4.78 is 0. The lowest BCUT2D eigenvalue weighted by Crippen LogP contribution is -2.32. The number of benzene rings is 1. The van der Waals surface area contributed by atoms with E-state index in [1.165, 1.54) is 6.07 Å². The zero-order chi connectivity index (χ0) is 11.3. The fourth-order valence-corrected chi connectivity index (χ4v) is 1.19. The van der Waals surface area contributed by atoms with Crippen molar-refractivity contribution in [3.05, 3.63) is 29.8 Å². The molecule has 0 heterocycles. The van der Waals surface area contributed by atoms with Crippen LogP contribution in [0.25, 0.3) is 0 Å². The van der Waals surface area contributed by atoms with Crippen molar-refractivity contribution in [2.45, 2.75) is 19.4 Å². The van der Waals surface area contributed by atoms with Crippen LogP contribution in [0.3, 0.4) is 0 Å². The Morgan fingerprint density at radius 2 is 2.27 bits per heavy atom. The van der Waals surface area contributed by atoms with Gasteiger partial charge >= 0.3 is 0 Å². The fraction of sp³-hybridized carbons (Fsp3) is 0.250. The van der Waals surface area contributed by atoms with Gasteiger partial charge in [-0.2, -0.15) is 0 Å². The molecule has 0 aliphatic carbocycles. The Labute approximate surface area is 89.1 Å². The number of phenolic OH excluding ortho intramolecular Hbond substituents is 1. The number of hydrogen-bond donors (Lipinski definition) is 2. The maximum Gasteiger partial charge on any atom is 0.255 e. The average Bonchev–Trinajstić information content (AvgIpc) is 2.18. The predicted octanol–water partition coefficient (Wildman–Crippen LogP) is 1.53. The number of terminal acetylenes is 1. The highest BCUT2D eigenvalue weighted by atomic mass is 16.3. The number of amides is 1. The first-order valence-electron chi connectivity index (χ1n) is 4.67. The van der Waals surface area contributed by atoms with E-state index >= 15 is 0 Å². The van der Waals surface area contributed by atoms with Gasteiger partial charge in [0.1, 0.15) is 5.75 Å². The molecule has 0 saturated carbocycles. The van der Waals surface area contributed by atoms with Crippen LogP contribution in [0.15, 0.2) is 24.3 Å². The van der Waals surface area contributed by atoms with Gasteiger partial charge in [0, 0.05) is 12.5 Å². The van der Waals surface area contributed by atoms with Crippen molar-refractivity contribution in [3.8, 4) is 18.1 Å². The Bertz CT molecular complexity index is 393. The van der Waals surface area contributed by atoms with E-state index in [4.69, 9.17) is 6.42 Å². The summed E-state index contributed by atoms with van der Waals surface area (Å²) in [6, 6.07) is 6.30. The molecule has 1 unspecified atom stereocenters. The Hall–Kier alpha value is -1.95. The van der Waals surface area contributed by atoms with Crippen molar-refractivity contribution >= 4 is 5.91 Å². The molecule has 3 nitrogen and oxygen atoms in total. The molecule has 0 aliphatic rings. The highest BCUT2D eigenvalue weighted by Gasteiger charge is 2.11. The van der Waals surface area contributed by atoms with Gasteiger partial charge in [0.25, 0.3) is 5.91 Å². The van der Waals surface area contributed by atoms with Gasteiger partial charge in [0.05, 0.1) is 5.56 Å².